The Morgan fingerprint density at radius 2 is 1.90 bits per heavy atom. The van der Waals surface area contributed by atoms with E-state index < -0.39 is 16.8 Å². The molecule has 6 heteroatoms. The van der Waals surface area contributed by atoms with Crippen molar-refractivity contribution in [1.29, 1.82) is 0 Å². The number of aliphatic carboxylic acids is 1. The van der Waals surface area contributed by atoms with Gasteiger partial charge in [-0.25, -0.2) is 0 Å². The summed E-state index contributed by atoms with van der Waals surface area (Å²) in [5.41, 5.74) is 1.39. The fourth-order valence-electron chi connectivity index (χ4n) is 2.07. The van der Waals surface area contributed by atoms with Crippen molar-refractivity contribution in [2.24, 2.45) is 0 Å². The van der Waals surface area contributed by atoms with Gasteiger partial charge in [0.25, 0.3) is 5.69 Å². The van der Waals surface area contributed by atoms with Gasteiger partial charge in [-0.3, -0.25) is 14.9 Å². The van der Waals surface area contributed by atoms with Crippen LogP contribution in [0.4, 0.5) is 5.69 Å². The Labute approximate surface area is 129 Å². The molecule has 0 saturated heterocycles. The number of nitrogens with zero attached hydrogens (tertiary/aromatic N) is 1. The Bertz CT molecular complexity index is 673. The molecule has 0 bridgehead atoms. The van der Waals surface area contributed by atoms with Crippen LogP contribution in [0.2, 0.25) is 0 Å². The number of hydrogen-bond donors (Lipinski definition) is 1. The second kappa shape index (κ2) is 6.49. The van der Waals surface area contributed by atoms with Gasteiger partial charge in [0.1, 0.15) is 0 Å². The number of carboxylic acids is 1. The summed E-state index contributed by atoms with van der Waals surface area (Å²) in [6.07, 6.45) is 0.262. The van der Waals surface area contributed by atoms with Crippen LogP contribution in [0.25, 0.3) is 0 Å². The van der Waals surface area contributed by atoms with E-state index in [2.05, 4.69) is 15.9 Å². The molecule has 0 aliphatic rings. The van der Waals surface area contributed by atoms with Crippen LogP contribution in [0.15, 0.2) is 53.0 Å². The highest BCUT2D eigenvalue weighted by molar-refractivity contribution is 9.10. The van der Waals surface area contributed by atoms with Crippen LogP contribution in [0.1, 0.15) is 17.0 Å². The molecule has 5 nitrogen and oxygen atoms in total. The minimum Gasteiger partial charge on any atom is -0.481 e. The number of nitro benzene ring substituents is 1. The molecule has 0 aliphatic carbocycles. The largest absolute Gasteiger partial charge is 0.481 e. The van der Waals surface area contributed by atoms with Crippen LogP contribution in [0.5, 0.6) is 0 Å². The van der Waals surface area contributed by atoms with Gasteiger partial charge in [0, 0.05) is 16.6 Å². The van der Waals surface area contributed by atoms with Gasteiger partial charge in [-0.15, -0.1) is 0 Å². The highest BCUT2D eigenvalue weighted by Gasteiger charge is 2.22. The third-order valence-corrected chi connectivity index (χ3v) is 3.91. The Balaban J connectivity index is 2.30. The monoisotopic (exact) mass is 349 g/mol. The third kappa shape index (κ3) is 3.66. The standard InChI is InChI=1S/C15H12BrNO4/c16-14-9-12(17(20)21)7-6-11(14)8-13(15(18)19)10-4-2-1-3-5-10/h1-7,9,13H,8H2,(H,18,19). The first-order chi connectivity index (χ1) is 9.99. The molecule has 2 aromatic rings. The second-order valence-electron chi connectivity index (χ2n) is 4.54. The van der Waals surface area contributed by atoms with Crippen LogP contribution in [-0.2, 0) is 11.2 Å². The Morgan fingerprint density at radius 3 is 2.43 bits per heavy atom. The van der Waals surface area contributed by atoms with Crippen LogP contribution in [0.3, 0.4) is 0 Å². The van der Waals surface area contributed by atoms with Crippen molar-refractivity contribution in [3.05, 3.63) is 74.2 Å². The van der Waals surface area contributed by atoms with Gasteiger partial charge >= 0.3 is 5.97 Å². The summed E-state index contributed by atoms with van der Waals surface area (Å²) < 4.78 is 0.541. The maximum absolute atomic E-state index is 11.5. The lowest BCUT2D eigenvalue weighted by Gasteiger charge is -2.13. The average Bonchev–Trinajstić information content (AvgIpc) is 2.46. The highest BCUT2D eigenvalue weighted by atomic mass is 79.9. The molecule has 1 atom stereocenters. The molecular weight excluding hydrogens is 338 g/mol. The minimum absolute atomic E-state index is 0.0304. The van der Waals surface area contributed by atoms with Gasteiger partial charge < -0.3 is 5.11 Å². The summed E-state index contributed by atoms with van der Waals surface area (Å²) in [4.78, 5) is 21.7. The Morgan fingerprint density at radius 1 is 1.24 bits per heavy atom. The number of benzene rings is 2. The number of rotatable bonds is 5. The van der Waals surface area contributed by atoms with Crippen LogP contribution < -0.4 is 0 Å². The number of hydrogen-bond acceptors (Lipinski definition) is 3. The van der Waals surface area contributed by atoms with E-state index in [0.29, 0.717) is 10.0 Å². The molecule has 21 heavy (non-hydrogen) atoms. The normalized spacial score (nSPS) is 11.9. The molecular formula is C15H12BrNO4. The van der Waals surface area contributed by atoms with Gasteiger partial charge in [0.05, 0.1) is 10.8 Å². The molecule has 0 aliphatic heterocycles. The van der Waals surface area contributed by atoms with Gasteiger partial charge in [-0.05, 0) is 17.5 Å². The lowest BCUT2D eigenvalue weighted by atomic mass is 9.92. The summed E-state index contributed by atoms with van der Waals surface area (Å²) in [6.45, 7) is 0. The number of carboxylic acid groups (broad SMARTS) is 1. The predicted molar refractivity (Wildman–Crippen MR) is 81.3 cm³/mol. The first kappa shape index (κ1) is 15.2. The van der Waals surface area contributed by atoms with E-state index >= 15 is 0 Å². The number of carbonyl (C=O) groups is 1. The van der Waals surface area contributed by atoms with Crippen molar-refractivity contribution >= 4 is 27.6 Å². The molecule has 1 N–H and O–H groups in total. The molecule has 0 amide bonds. The van der Waals surface area contributed by atoms with Gasteiger partial charge in [0.15, 0.2) is 0 Å². The van der Waals surface area contributed by atoms with E-state index in [9.17, 15) is 20.0 Å². The van der Waals surface area contributed by atoms with Crippen molar-refractivity contribution in [1.82, 2.24) is 0 Å². The molecule has 0 heterocycles. The van der Waals surface area contributed by atoms with Crippen molar-refractivity contribution in [2.75, 3.05) is 0 Å². The number of nitro groups is 1. The topological polar surface area (TPSA) is 80.4 Å². The molecule has 108 valence electrons. The van der Waals surface area contributed by atoms with E-state index in [1.165, 1.54) is 12.1 Å². The van der Waals surface area contributed by atoms with Crippen molar-refractivity contribution in [2.45, 2.75) is 12.3 Å². The Hall–Kier alpha value is -2.21. The van der Waals surface area contributed by atoms with E-state index in [4.69, 9.17) is 0 Å². The zero-order valence-corrected chi connectivity index (χ0v) is 12.5. The van der Waals surface area contributed by atoms with E-state index in [1.54, 1.807) is 30.3 Å². The second-order valence-corrected chi connectivity index (χ2v) is 5.39. The zero-order valence-electron chi connectivity index (χ0n) is 10.9. The molecule has 2 rings (SSSR count). The fraction of sp³-hybridized carbons (Fsp3) is 0.133. The minimum atomic E-state index is -0.925. The number of non-ortho nitro benzene ring substituents is 1. The van der Waals surface area contributed by atoms with E-state index in [-0.39, 0.29) is 12.1 Å². The van der Waals surface area contributed by atoms with E-state index in [1.807, 2.05) is 6.07 Å². The van der Waals surface area contributed by atoms with Gasteiger partial charge in [-0.1, -0.05) is 52.3 Å². The summed E-state index contributed by atoms with van der Waals surface area (Å²) in [5, 5.41) is 20.1. The lowest BCUT2D eigenvalue weighted by Crippen LogP contribution is -2.14. The summed E-state index contributed by atoms with van der Waals surface area (Å²) in [7, 11) is 0. The maximum atomic E-state index is 11.5. The summed E-state index contributed by atoms with van der Waals surface area (Å²) in [6, 6.07) is 13.3. The number of halogens is 1. The predicted octanol–water partition coefficient (Wildman–Crippen LogP) is 3.77. The summed E-state index contributed by atoms with van der Waals surface area (Å²) >= 11 is 3.27. The Kier molecular flexibility index (Phi) is 4.70. The third-order valence-electron chi connectivity index (χ3n) is 3.17. The fourth-order valence-corrected chi connectivity index (χ4v) is 2.60. The van der Waals surface area contributed by atoms with Crippen molar-refractivity contribution in [3.63, 3.8) is 0 Å². The molecule has 0 aromatic heterocycles. The molecule has 0 radical (unpaired) electrons. The lowest BCUT2D eigenvalue weighted by molar-refractivity contribution is -0.384. The quantitative estimate of drug-likeness (QED) is 0.658. The molecule has 0 saturated carbocycles. The van der Waals surface area contributed by atoms with Crippen molar-refractivity contribution < 1.29 is 14.8 Å². The molecule has 0 spiro atoms. The van der Waals surface area contributed by atoms with Crippen LogP contribution in [-0.4, -0.2) is 16.0 Å². The maximum Gasteiger partial charge on any atom is 0.311 e. The zero-order chi connectivity index (χ0) is 15.4. The summed E-state index contributed by atoms with van der Waals surface area (Å²) in [5.74, 6) is -1.62. The average molecular weight is 350 g/mol. The first-order valence-electron chi connectivity index (χ1n) is 6.19. The van der Waals surface area contributed by atoms with Crippen LogP contribution >= 0.6 is 15.9 Å². The smallest absolute Gasteiger partial charge is 0.311 e. The molecule has 2 aromatic carbocycles. The van der Waals surface area contributed by atoms with E-state index in [0.717, 1.165) is 5.56 Å². The SMILES string of the molecule is O=C(O)C(Cc1ccc([N+](=O)[O-])cc1Br)c1ccccc1. The van der Waals surface area contributed by atoms with Crippen LogP contribution in [0, 0.1) is 10.1 Å². The van der Waals surface area contributed by atoms with Crippen molar-refractivity contribution in [3.8, 4) is 0 Å². The van der Waals surface area contributed by atoms with Gasteiger partial charge in [0.2, 0.25) is 0 Å². The van der Waals surface area contributed by atoms with Gasteiger partial charge in [-0.2, -0.15) is 0 Å². The molecule has 1 unspecified atom stereocenters. The first-order valence-corrected chi connectivity index (χ1v) is 6.99. The molecule has 0 fully saturated rings. The highest BCUT2D eigenvalue weighted by Crippen LogP contribution is 2.28.